The predicted molar refractivity (Wildman–Crippen MR) is 88.1 cm³/mol. The van der Waals surface area contributed by atoms with Gasteiger partial charge in [-0.25, -0.2) is 4.98 Å². The van der Waals surface area contributed by atoms with Crippen molar-refractivity contribution >= 4 is 22.9 Å². The van der Waals surface area contributed by atoms with Gasteiger partial charge >= 0.3 is 0 Å². The molecule has 7 nitrogen and oxygen atoms in total. The van der Waals surface area contributed by atoms with Gasteiger partial charge in [0.1, 0.15) is 12.0 Å². The van der Waals surface area contributed by atoms with Gasteiger partial charge in [-0.15, -0.1) is 0 Å². The van der Waals surface area contributed by atoms with E-state index in [1.54, 1.807) is 6.07 Å². The topological polar surface area (TPSA) is 91.5 Å². The number of hydrogen-bond donors (Lipinski definition) is 2. The van der Waals surface area contributed by atoms with Crippen LogP contribution in [-0.4, -0.2) is 34.2 Å². The van der Waals surface area contributed by atoms with Gasteiger partial charge in [0.25, 0.3) is 5.69 Å². The second-order valence-electron chi connectivity index (χ2n) is 5.55. The molecule has 1 aliphatic heterocycles. The lowest BCUT2D eigenvalue weighted by molar-refractivity contribution is -0.385. The van der Waals surface area contributed by atoms with Crippen LogP contribution < -0.4 is 10.2 Å². The van der Waals surface area contributed by atoms with E-state index in [2.05, 4.69) is 15.2 Å². The zero-order valence-corrected chi connectivity index (χ0v) is 12.6. The molecule has 0 spiro atoms. The van der Waals surface area contributed by atoms with Gasteiger partial charge in [0, 0.05) is 30.5 Å². The van der Waals surface area contributed by atoms with Gasteiger partial charge in [0.15, 0.2) is 0 Å². The lowest BCUT2D eigenvalue weighted by Crippen LogP contribution is -2.35. The van der Waals surface area contributed by atoms with Crippen molar-refractivity contribution in [3.05, 3.63) is 52.7 Å². The lowest BCUT2D eigenvalue weighted by Gasteiger charge is -2.31. The summed E-state index contributed by atoms with van der Waals surface area (Å²) < 4.78 is 0. The van der Waals surface area contributed by atoms with Gasteiger partial charge in [0.2, 0.25) is 0 Å². The van der Waals surface area contributed by atoms with Crippen molar-refractivity contribution in [2.75, 3.05) is 23.3 Å². The molecule has 23 heavy (non-hydrogen) atoms. The van der Waals surface area contributed by atoms with Gasteiger partial charge in [-0.1, -0.05) is 0 Å². The van der Waals surface area contributed by atoms with Crippen molar-refractivity contribution in [1.82, 2.24) is 4.98 Å². The molecule has 0 bridgehead atoms. The second kappa shape index (κ2) is 6.62. The van der Waals surface area contributed by atoms with E-state index in [0.717, 1.165) is 37.3 Å². The van der Waals surface area contributed by atoms with Crippen LogP contribution in [0.15, 0.2) is 42.6 Å². The Bertz CT molecular complexity index is 665. The highest BCUT2D eigenvalue weighted by Gasteiger charge is 2.17. The summed E-state index contributed by atoms with van der Waals surface area (Å²) in [6, 6.07) is 10.9. The Morgan fingerprint density at radius 3 is 2.43 bits per heavy atom. The van der Waals surface area contributed by atoms with E-state index in [1.165, 1.54) is 12.3 Å². The monoisotopic (exact) mass is 314 g/mol. The van der Waals surface area contributed by atoms with Crippen molar-refractivity contribution in [3.63, 3.8) is 0 Å². The maximum atomic E-state index is 10.6. The first kappa shape index (κ1) is 15.2. The normalized spacial score (nSPS) is 15.4. The van der Waals surface area contributed by atoms with Crippen LogP contribution in [0.4, 0.5) is 22.9 Å². The van der Waals surface area contributed by atoms with Crippen molar-refractivity contribution in [1.29, 1.82) is 0 Å². The predicted octanol–water partition coefficient (Wildman–Crippen LogP) is 2.69. The fraction of sp³-hybridized carbons (Fsp3) is 0.312. The highest BCUT2D eigenvalue weighted by Crippen LogP contribution is 2.23. The third-order valence-corrected chi connectivity index (χ3v) is 3.93. The Morgan fingerprint density at radius 1 is 1.17 bits per heavy atom. The summed E-state index contributed by atoms with van der Waals surface area (Å²) in [6.45, 7) is 1.72. The SMILES string of the molecule is O=[N+]([O-])c1ccc(Nc2ccc(N3CCC(O)CC3)cc2)nc1. The number of pyridine rings is 1. The molecule has 1 aromatic carbocycles. The molecule has 3 rings (SSSR count). The minimum atomic E-state index is -0.471. The average Bonchev–Trinajstić information content (AvgIpc) is 2.57. The number of anilines is 3. The van der Waals surface area contributed by atoms with Gasteiger partial charge in [-0.2, -0.15) is 0 Å². The van der Waals surface area contributed by atoms with Crippen LogP contribution >= 0.6 is 0 Å². The van der Waals surface area contributed by atoms with Gasteiger partial charge in [-0.05, 0) is 43.2 Å². The summed E-state index contributed by atoms with van der Waals surface area (Å²) in [6.07, 6.45) is 2.65. The van der Waals surface area contributed by atoms with E-state index in [0.29, 0.717) is 5.82 Å². The summed E-state index contributed by atoms with van der Waals surface area (Å²) in [5.41, 5.74) is 1.96. The highest BCUT2D eigenvalue weighted by molar-refractivity contribution is 5.61. The largest absolute Gasteiger partial charge is 0.393 e. The molecule has 0 saturated carbocycles. The van der Waals surface area contributed by atoms with Crippen LogP contribution in [0, 0.1) is 10.1 Å². The number of aromatic nitrogens is 1. The molecule has 1 aliphatic rings. The summed E-state index contributed by atoms with van der Waals surface area (Å²) in [7, 11) is 0. The average molecular weight is 314 g/mol. The van der Waals surface area contributed by atoms with Crippen molar-refractivity contribution < 1.29 is 10.0 Å². The highest BCUT2D eigenvalue weighted by atomic mass is 16.6. The molecule has 1 saturated heterocycles. The van der Waals surface area contributed by atoms with Crippen LogP contribution in [0.25, 0.3) is 0 Å². The molecule has 2 heterocycles. The van der Waals surface area contributed by atoms with E-state index >= 15 is 0 Å². The molecule has 2 N–H and O–H groups in total. The molecular formula is C16H18N4O3. The Hall–Kier alpha value is -2.67. The molecule has 1 fully saturated rings. The van der Waals surface area contributed by atoms with Crippen molar-refractivity contribution in [2.24, 2.45) is 0 Å². The number of hydrogen-bond acceptors (Lipinski definition) is 6. The van der Waals surface area contributed by atoms with E-state index in [1.807, 2.05) is 24.3 Å². The number of aliphatic hydroxyl groups is 1. The molecule has 0 aliphatic carbocycles. The molecule has 0 amide bonds. The van der Waals surface area contributed by atoms with Gasteiger partial charge in [-0.3, -0.25) is 10.1 Å². The first-order chi connectivity index (χ1) is 11.1. The zero-order chi connectivity index (χ0) is 16.2. The summed E-state index contributed by atoms with van der Waals surface area (Å²) in [5, 5.41) is 23.3. The fourth-order valence-electron chi connectivity index (χ4n) is 2.60. The first-order valence-electron chi connectivity index (χ1n) is 7.52. The number of piperidine rings is 1. The van der Waals surface area contributed by atoms with Crippen molar-refractivity contribution in [3.8, 4) is 0 Å². The number of nitrogens with one attached hydrogen (secondary N) is 1. The molecule has 1 aromatic heterocycles. The van der Waals surface area contributed by atoms with Gasteiger partial charge < -0.3 is 15.3 Å². The zero-order valence-electron chi connectivity index (χ0n) is 12.6. The number of benzene rings is 1. The maximum Gasteiger partial charge on any atom is 0.287 e. The van der Waals surface area contributed by atoms with E-state index in [4.69, 9.17) is 0 Å². The molecule has 120 valence electrons. The Kier molecular flexibility index (Phi) is 4.38. The van der Waals surface area contributed by atoms with E-state index in [9.17, 15) is 15.2 Å². The van der Waals surface area contributed by atoms with Crippen LogP contribution in [0.1, 0.15) is 12.8 Å². The molecule has 7 heteroatoms. The molecule has 2 aromatic rings. The molecule has 0 unspecified atom stereocenters. The summed E-state index contributed by atoms with van der Waals surface area (Å²) in [5.74, 6) is 0.560. The summed E-state index contributed by atoms with van der Waals surface area (Å²) >= 11 is 0. The Morgan fingerprint density at radius 2 is 1.87 bits per heavy atom. The first-order valence-corrected chi connectivity index (χ1v) is 7.52. The van der Waals surface area contributed by atoms with Crippen LogP contribution in [-0.2, 0) is 0 Å². The quantitative estimate of drug-likeness (QED) is 0.666. The third kappa shape index (κ3) is 3.75. The number of nitro groups is 1. The number of rotatable bonds is 4. The standard InChI is InChI=1S/C16H18N4O3/c21-15-7-9-19(10-8-15)13-3-1-12(2-4-13)18-16-6-5-14(11-17-16)20(22)23/h1-6,11,15,21H,7-10H2,(H,17,18). The van der Waals surface area contributed by atoms with Crippen molar-refractivity contribution in [2.45, 2.75) is 18.9 Å². The Labute approximate surface area is 133 Å². The maximum absolute atomic E-state index is 10.6. The fourth-order valence-corrected chi connectivity index (χ4v) is 2.60. The van der Waals surface area contributed by atoms with E-state index in [-0.39, 0.29) is 11.8 Å². The third-order valence-electron chi connectivity index (χ3n) is 3.93. The van der Waals surface area contributed by atoms with Crippen LogP contribution in [0.3, 0.4) is 0 Å². The molecule has 0 radical (unpaired) electrons. The minimum absolute atomic E-state index is 0.0295. The minimum Gasteiger partial charge on any atom is -0.393 e. The van der Waals surface area contributed by atoms with E-state index < -0.39 is 4.92 Å². The number of nitrogens with zero attached hydrogens (tertiary/aromatic N) is 3. The molecular weight excluding hydrogens is 296 g/mol. The molecule has 0 atom stereocenters. The lowest BCUT2D eigenvalue weighted by atomic mass is 10.1. The van der Waals surface area contributed by atoms with Gasteiger partial charge in [0.05, 0.1) is 11.0 Å². The second-order valence-corrected chi connectivity index (χ2v) is 5.55. The number of aliphatic hydroxyl groups excluding tert-OH is 1. The smallest absolute Gasteiger partial charge is 0.287 e. The van der Waals surface area contributed by atoms with Crippen LogP contribution in [0.5, 0.6) is 0 Å². The summed E-state index contributed by atoms with van der Waals surface area (Å²) in [4.78, 5) is 16.4. The Balaban J connectivity index is 1.64. The van der Waals surface area contributed by atoms with Crippen LogP contribution in [0.2, 0.25) is 0 Å².